The summed E-state index contributed by atoms with van der Waals surface area (Å²) in [6, 6.07) is 5.63. The third-order valence-electron chi connectivity index (χ3n) is 4.89. The van der Waals surface area contributed by atoms with Crippen molar-refractivity contribution in [2.45, 2.75) is 31.3 Å². The van der Waals surface area contributed by atoms with Crippen LogP contribution in [-0.2, 0) is 9.59 Å². The van der Waals surface area contributed by atoms with Gasteiger partial charge in [-0.15, -0.1) is 0 Å². The second-order valence-electron chi connectivity index (χ2n) is 7.09. The number of aromatic nitrogens is 2. The Morgan fingerprint density at radius 2 is 2.07 bits per heavy atom. The van der Waals surface area contributed by atoms with Crippen LogP contribution in [0.3, 0.4) is 0 Å². The summed E-state index contributed by atoms with van der Waals surface area (Å²) < 4.78 is 0. The minimum Gasteiger partial charge on any atom is -0.481 e. The molecule has 0 bridgehead atoms. The van der Waals surface area contributed by atoms with Gasteiger partial charge in [-0.05, 0) is 31.0 Å². The van der Waals surface area contributed by atoms with Gasteiger partial charge in [0.2, 0.25) is 5.91 Å². The highest BCUT2D eigenvalue weighted by Gasteiger charge is 2.38. The van der Waals surface area contributed by atoms with Gasteiger partial charge in [-0.25, -0.2) is 0 Å². The summed E-state index contributed by atoms with van der Waals surface area (Å²) in [6.07, 6.45) is 4.43. The van der Waals surface area contributed by atoms with Gasteiger partial charge in [-0.3, -0.25) is 19.6 Å². The maximum absolute atomic E-state index is 12.2. The third-order valence-corrected chi connectivity index (χ3v) is 4.89. The highest BCUT2D eigenvalue weighted by molar-refractivity contribution is 5.87. The molecule has 0 aliphatic carbocycles. The van der Waals surface area contributed by atoms with Crippen LogP contribution in [0.25, 0.3) is 11.0 Å². The molecule has 2 N–H and O–H groups in total. The zero-order chi connectivity index (χ0) is 19.4. The van der Waals surface area contributed by atoms with Crippen LogP contribution in [0.5, 0.6) is 0 Å². The van der Waals surface area contributed by atoms with Crippen molar-refractivity contribution < 1.29 is 19.8 Å². The number of pyridine rings is 2. The van der Waals surface area contributed by atoms with E-state index in [0.29, 0.717) is 25.9 Å². The number of rotatable bonds is 7. The van der Waals surface area contributed by atoms with Gasteiger partial charge in [0.15, 0.2) is 0 Å². The summed E-state index contributed by atoms with van der Waals surface area (Å²) in [6.45, 7) is 1.27. The number of amides is 1. The fraction of sp³-hybridized carbons (Fsp3) is 0.474. The number of aliphatic carboxylic acids is 1. The molecule has 2 aromatic heterocycles. The molecular formula is C19H24N4O4. The smallest absolute Gasteiger partial charge is 0.303 e. The largest absolute Gasteiger partial charge is 0.481 e. The van der Waals surface area contributed by atoms with Crippen molar-refractivity contribution in [2.75, 3.05) is 31.6 Å². The first-order valence-corrected chi connectivity index (χ1v) is 9.01. The first-order chi connectivity index (χ1) is 12.9. The van der Waals surface area contributed by atoms with Crippen LogP contribution in [0.2, 0.25) is 0 Å². The number of hydrogen-bond acceptors (Lipinski definition) is 6. The molecule has 1 atom stereocenters. The SMILES string of the molecule is CN(CC1(O)CCN(c2ccnc3cccnc23)C1)C(=O)CCCC(=O)O. The Morgan fingerprint density at radius 1 is 1.26 bits per heavy atom. The fourth-order valence-electron chi connectivity index (χ4n) is 3.52. The average molecular weight is 372 g/mol. The summed E-state index contributed by atoms with van der Waals surface area (Å²) in [7, 11) is 1.65. The van der Waals surface area contributed by atoms with Crippen LogP contribution >= 0.6 is 0 Å². The summed E-state index contributed by atoms with van der Waals surface area (Å²) in [5, 5.41) is 19.6. The van der Waals surface area contributed by atoms with E-state index >= 15 is 0 Å². The van der Waals surface area contributed by atoms with Crippen molar-refractivity contribution in [1.82, 2.24) is 14.9 Å². The van der Waals surface area contributed by atoms with Crippen LogP contribution in [0.4, 0.5) is 5.69 Å². The molecule has 8 heteroatoms. The predicted molar refractivity (Wildman–Crippen MR) is 100 cm³/mol. The van der Waals surface area contributed by atoms with Crippen molar-refractivity contribution in [3.05, 3.63) is 30.6 Å². The molecule has 27 heavy (non-hydrogen) atoms. The first-order valence-electron chi connectivity index (χ1n) is 9.01. The predicted octanol–water partition coefficient (Wildman–Crippen LogP) is 1.28. The minimum atomic E-state index is -1.01. The van der Waals surface area contributed by atoms with E-state index in [2.05, 4.69) is 14.9 Å². The second-order valence-corrected chi connectivity index (χ2v) is 7.09. The van der Waals surface area contributed by atoms with E-state index in [1.54, 1.807) is 19.4 Å². The zero-order valence-corrected chi connectivity index (χ0v) is 15.3. The molecule has 0 aromatic carbocycles. The number of carboxylic acid groups (broad SMARTS) is 1. The molecule has 1 amide bonds. The molecule has 1 unspecified atom stereocenters. The van der Waals surface area contributed by atoms with E-state index in [0.717, 1.165) is 16.7 Å². The summed E-state index contributed by atoms with van der Waals surface area (Å²) in [5.74, 6) is -1.06. The quantitative estimate of drug-likeness (QED) is 0.754. The Kier molecular flexibility index (Phi) is 5.55. The number of anilines is 1. The Balaban J connectivity index is 1.63. The van der Waals surface area contributed by atoms with E-state index in [1.807, 2.05) is 18.2 Å². The maximum Gasteiger partial charge on any atom is 0.303 e. The minimum absolute atomic E-state index is 0.0280. The van der Waals surface area contributed by atoms with Crippen LogP contribution in [0, 0.1) is 0 Å². The van der Waals surface area contributed by atoms with Gasteiger partial charge in [-0.1, -0.05) is 0 Å². The molecule has 2 aromatic rings. The topological polar surface area (TPSA) is 107 Å². The number of carbonyl (C=O) groups excluding carboxylic acids is 1. The lowest BCUT2D eigenvalue weighted by Gasteiger charge is -2.29. The molecule has 8 nitrogen and oxygen atoms in total. The number of carboxylic acids is 1. The maximum atomic E-state index is 12.2. The number of hydrogen-bond donors (Lipinski definition) is 2. The van der Waals surface area contributed by atoms with Gasteiger partial charge < -0.3 is 20.0 Å². The van der Waals surface area contributed by atoms with Crippen molar-refractivity contribution in [3.8, 4) is 0 Å². The first kappa shape index (κ1) is 19.0. The number of carbonyl (C=O) groups is 2. The van der Waals surface area contributed by atoms with Crippen molar-refractivity contribution in [2.24, 2.45) is 0 Å². The molecule has 144 valence electrons. The van der Waals surface area contributed by atoms with Gasteiger partial charge >= 0.3 is 5.97 Å². The lowest BCUT2D eigenvalue weighted by Crippen LogP contribution is -2.45. The second kappa shape index (κ2) is 7.87. The number of β-amino-alcohol motifs (C(OH)–C–C–N with tert-alkyl or cyclic N) is 1. The summed E-state index contributed by atoms with van der Waals surface area (Å²) in [4.78, 5) is 35.0. The van der Waals surface area contributed by atoms with Crippen molar-refractivity contribution >= 4 is 28.6 Å². The Bertz CT molecular complexity index is 838. The zero-order valence-electron chi connectivity index (χ0n) is 15.3. The highest BCUT2D eigenvalue weighted by atomic mass is 16.4. The Morgan fingerprint density at radius 3 is 2.85 bits per heavy atom. The summed E-state index contributed by atoms with van der Waals surface area (Å²) in [5.41, 5.74) is 1.51. The van der Waals surface area contributed by atoms with E-state index in [-0.39, 0.29) is 25.3 Å². The van der Waals surface area contributed by atoms with E-state index in [9.17, 15) is 14.7 Å². The molecule has 0 saturated carbocycles. The number of nitrogens with zero attached hydrogens (tertiary/aromatic N) is 4. The molecule has 0 spiro atoms. The number of likely N-dealkylation sites (N-methyl/N-ethyl adjacent to an activating group) is 1. The molecule has 3 heterocycles. The number of fused-ring (bicyclic) bond motifs is 1. The molecule has 1 fully saturated rings. The van der Waals surface area contributed by atoms with Gasteiger partial charge in [-0.2, -0.15) is 0 Å². The Labute approximate surface area is 157 Å². The third kappa shape index (κ3) is 4.51. The lowest BCUT2D eigenvalue weighted by molar-refractivity contribution is -0.137. The van der Waals surface area contributed by atoms with Crippen LogP contribution in [0.15, 0.2) is 30.6 Å². The van der Waals surface area contributed by atoms with Gasteiger partial charge in [0.25, 0.3) is 0 Å². The van der Waals surface area contributed by atoms with Crippen molar-refractivity contribution in [3.63, 3.8) is 0 Å². The van der Waals surface area contributed by atoms with Gasteiger partial charge in [0.1, 0.15) is 11.1 Å². The molecular weight excluding hydrogens is 348 g/mol. The van der Waals surface area contributed by atoms with Crippen LogP contribution in [-0.4, -0.2) is 69.2 Å². The normalized spacial score (nSPS) is 19.4. The fourth-order valence-corrected chi connectivity index (χ4v) is 3.52. The van der Waals surface area contributed by atoms with E-state index in [4.69, 9.17) is 5.11 Å². The lowest BCUT2D eigenvalue weighted by atomic mass is 10.0. The number of aliphatic hydroxyl groups is 1. The van der Waals surface area contributed by atoms with E-state index in [1.165, 1.54) is 4.90 Å². The molecule has 1 saturated heterocycles. The monoisotopic (exact) mass is 372 g/mol. The summed E-state index contributed by atoms with van der Waals surface area (Å²) >= 11 is 0. The molecule has 1 aliphatic rings. The Hall–Kier alpha value is -2.74. The van der Waals surface area contributed by atoms with E-state index < -0.39 is 11.6 Å². The van der Waals surface area contributed by atoms with Crippen LogP contribution < -0.4 is 4.90 Å². The van der Waals surface area contributed by atoms with Gasteiger partial charge in [0, 0.05) is 45.4 Å². The molecule has 1 aliphatic heterocycles. The highest BCUT2D eigenvalue weighted by Crippen LogP contribution is 2.31. The molecule has 0 radical (unpaired) electrons. The van der Waals surface area contributed by atoms with Crippen LogP contribution in [0.1, 0.15) is 25.7 Å². The van der Waals surface area contributed by atoms with Crippen molar-refractivity contribution in [1.29, 1.82) is 0 Å². The van der Waals surface area contributed by atoms with Gasteiger partial charge in [0.05, 0.1) is 17.7 Å². The molecule has 3 rings (SSSR count). The standard InChI is InChI=1S/C19H24N4O4/c1-22(16(24)5-2-6-17(25)26)12-19(27)8-11-23(13-19)15-7-10-20-14-4-3-9-21-18(14)15/h3-4,7,9-10,27H,2,5-6,8,11-13H2,1H3,(H,25,26). The average Bonchev–Trinajstić information content (AvgIpc) is 3.02.